The van der Waals surface area contributed by atoms with E-state index in [2.05, 4.69) is 10.3 Å². The molecule has 22 heavy (non-hydrogen) atoms. The van der Waals surface area contributed by atoms with E-state index < -0.39 is 0 Å². The van der Waals surface area contributed by atoms with Gasteiger partial charge in [-0.1, -0.05) is 41.9 Å². The topological polar surface area (TPSA) is 41.5 Å². The Kier molecular flexibility index (Phi) is 4.02. The predicted octanol–water partition coefficient (Wildman–Crippen LogP) is 3.59. The lowest BCUT2D eigenvalue weighted by atomic mass is 10.1. The summed E-state index contributed by atoms with van der Waals surface area (Å²) in [6, 6.07) is 13.6. The summed E-state index contributed by atoms with van der Waals surface area (Å²) in [5.74, 6) is -0.175. The number of hydrogen-bond acceptors (Lipinski definition) is 2. The molecule has 0 atom stereocenters. The van der Waals surface area contributed by atoms with Crippen molar-refractivity contribution in [1.29, 1.82) is 0 Å². The van der Waals surface area contributed by atoms with Gasteiger partial charge in [-0.15, -0.1) is 0 Å². The molecular formula is C17H12ClFN2O. The molecule has 1 aliphatic rings. The normalized spacial score (nSPS) is 15.8. The maximum Gasteiger partial charge on any atom is 0.275 e. The largest absolute Gasteiger partial charge is 0.308 e. The Bertz CT molecular complexity index is 782. The minimum absolute atomic E-state index is 0.203. The summed E-state index contributed by atoms with van der Waals surface area (Å²) in [5.41, 5.74) is 1.52. The molecule has 2 aromatic carbocycles. The monoisotopic (exact) mass is 314 g/mol. The van der Waals surface area contributed by atoms with E-state index in [-0.39, 0.29) is 17.4 Å². The third-order valence-electron chi connectivity index (χ3n) is 3.23. The van der Waals surface area contributed by atoms with E-state index in [9.17, 15) is 9.18 Å². The van der Waals surface area contributed by atoms with E-state index in [4.69, 9.17) is 11.6 Å². The molecule has 2 aromatic rings. The van der Waals surface area contributed by atoms with Crippen molar-refractivity contribution < 1.29 is 9.18 Å². The van der Waals surface area contributed by atoms with Crippen LogP contribution in [0.4, 0.5) is 4.39 Å². The molecule has 0 unspecified atom stereocenters. The van der Waals surface area contributed by atoms with Crippen LogP contribution in [0.3, 0.4) is 0 Å². The van der Waals surface area contributed by atoms with Gasteiger partial charge in [0.2, 0.25) is 0 Å². The van der Waals surface area contributed by atoms with Gasteiger partial charge in [0, 0.05) is 17.0 Å². The Morgan fingerprint density at radius 1 is 1.14 bits per heavy atom. The summed E-state index contributed by atoms with van der Waals surface area (Å²) in [6.07, 6.45) is 1.93. The molecule has 0 aromatic heterocycles. The van der Waals surface area contributed by atoms with Gasteiger partial charge in [-0.3, -0.25) is 4.79 Å². The van der Waals surface area contributed by atoms with Crippen LogP contribution < -0.4 is 5.32 Å². The molecule has 0 fully saturated rings. The Hall–Kier alpha value is -2.46. The summed E-state index contributed by atoms with van der Waals surface area (Å²) in [7, 11) is 0. The maximum atomic E-state index is 13.6. The number of halogens is 2. The molecule has 1 aliphatic heterocycles. The first-order chi connectivity index (χ1) is 10.6. The molecule has 5 heteroatoms. The lowest BCUT2D eigenvalue weighted by molar-refractivity contribution is -0.115. The quantitative estimate of drug-likeness (QED) is 0.864. The predicted molar refractivity (Wildman–Crippen MR) is 85.1 cm³/mol. The van der Waals surface area contributed by atoms with Crippen LogP contribution in [-0.4, -0.2) is 11.7 Å². The first-order valence-electron chi connectivity index (χ1n) is 6.71. The molecule has 110 valence electrons. The van der Waals surface area contributed by atoms with E-state index in [1.54, 1.807) is 30.3 Å². The van der Waals surface area contributed by atoms with Crippen LogP contribution in [0, 0.1) is 5.82 Å². The third kappa shape index (κ3) is 3.23. The Labute approximate surface area is 132 Å². The first kappa shape index (κ1) is 14.5. The van der Waals surface area contributed by atoms with E-state index in [0.717, 1.165) is 5.56 Å². The molecule has 3 nitrogen and oxygen atoms in total. The zero-order valence-electron chi connectivity index (χ0n) is 11.5. The van der Waals surface area contributed by atoms with Crippen molar-refractivity contribution in [1.82, 2.24) is 5.32 Å². The highest BCUT2D eigenvalue weighted by Gasteiger charge is 2.20. The SMILES string of the molecule is O=C1NC(Cc2ccc(Cl)cc2)=N/C1=C\c1ccccc1F. The van der Waals surface area contributed by atoms with Crippen LogP contribution in [0.2, 0.25) is 5.02 Å². The third-order valence-corrected chi connectivity index (χ3v) is 3.48. The fourth-order valence-electron chi connectivity index (χ4n) is 2.14. The van der Waals surface area contributed by atoms with Gasteiger partial charge in [0.15, 0.2) is 0 Å². The standard InChI is InChI=1S/C17H12ClFN2O/c18-13-7-5-11(6-8-13)9-16-20-15(17(22)21-16)10-12-3-1-2-4-14(12)19/h1-8,10H,9H2,(H,20,21,22)/b15-10-. The van der Waals surface area contributed by atoms with Crippen LogP contribution in [0.5, 0.6) is 0 Å². The minimum atomic E-state index is -0.385. The molecule has 3 rings (SSSR count). The highest BCUT2D eigenvalue weighted by Crippen LogP contribution is 2.16. The Balaban J connectivity index is 1.82. The van der Waals surface area contributed by atoms with Crippen molar-refractivity contribution in [2.75, 3.05) is 0 Å². The van der Waals surface area contributed by atoms with E-state index in [1.165, 1.54) is 12.1 Å². The maximum absolute atomic E-state index is 13.6. The molecular weight excluding hydrogens is 303 g/mol. The molecule has 0 bridgehead atoms. The molecule has 1 N–H and O–H groups in total. The Morgan fingerprint density at radius 3 is 2.59 bits per heavy atom. The van der Waals surface area contributed by atoms with Crippen molar-refractivity contribution in [3.05, 3.63) is 76.2 Å². The first-order valence-corrected chi connectivity index (χ1v) is 7.09. The van der Waals surface area contributed by atoms with Crippen LogP contribution in [-0.2, 0) is 11.2 Å². The van der Waals surface area contributed by atoms with Gasteiger partial charge in [-0.05, 0) is 29.8 Å². The number of nitrogens with zero attached hydrogens (tertiary/aromatic N) is 1. The molecule has 0 radical (unpaired) electrons. The fourth-order valence-corrected chi connectivity index (χ4v) is 2.26. The number of amides is 1. The molecule has 0 aliphatic carbocycles. The van der Waals surface area contributed by atoms with Gasteiger partial charge >= 0.3 is 0 Å². The zero-order chi connectivity index (χ0) is 15.5. The van der Waals surface area contributed by atoms with Gasteiger partial charge < -0.3 is 5.32 Å². The summed E-state index contributed by atoms with van der Waals surface area (Å²) in [6.45, 7) is 0. The van der Waals surface area contributed by atoms with Gasteiger partial charge in [0.1, 0.15) is 17.3 Å². The lowest BCUT2D eigenvalue weighted by Gasteiger charge is -2.00. The number of carbonyl (C=O) groups excluding carboxylic acids is 1. The van der Waals surface area contributed by atoms with Gasteiger partial charge in [0.25, 0.3) is 5.91 Å². The van der Waals surface area contributed by atoms with Crippen molar-refractivity contribution in [2.24, 2.45) is 4.99 Å². The number of hydrogen-bond donors (Lipinski definition) is 1. The van der Waals surface area contributed by atoms with Crippen molar-refractivity contribution in [3.8, 4) is 0 Å². The van der Waals surface area contributed by atoms with Crippen LogP contribution >= 0.6 is 11.6 Å². The second kappa shape index (κ2) is 6.12. The van der Waals surface area contributed by atoms with Crippen molar-refractivity contribution >= 4 is 29.4 Å². The van der Waals surface area contributed by atoms with E-state index in [1.807, 2.05) is 12.1 Å². The van der Waals surface area contributed by atoms with Gasteiger partial charge in [0.05, 0.1) is 0 Å². The zero-order valence-corrected chi connectivity index (χ0v) is 12.3. The number of aliphatic imine (C=N–C) groups is 1. The second-order valence-corrected chi connectivity index (χ2v) is 5.30. The van der Waals surface area contributed by atoms with Crippen LogP contribution in [0.25, 0.3) is 6.08 Å². The fraction of sp³-hybridized carbons (Fsp3) is 0.0588. The smallest absolute Gasteiger partial charge is 0.275 e. The Morgan fingerprint density at radius 2 is 1.86 bits per heavy atom. The summed E-state index contributed by atoms with van der Waals surface area (Å²) < 4.78 is 13.6. The van der Waals surface area contributed by atoms with E-state index >= 15 is 0 Å². The second-order valence-electron chi connectivity index (χ2n) is 4.87. The van der Waals surface area contributed by atoms with Gasteiger partial charge in [-0.25, -0.2) is 9.38 Å². The van der Waals surface area contributed by atoms with Crippen molar-refractivity contribution in [2.45, 2.75) is 6.42 Å². The summed E-state index contributed by atoms with van der Waals surface area (Å²) >= 11 is 5.84. The molecule has 0 saturated carbocycles. The average Bonchev–Trinajstić information content (AvgIpc) is 2.84. The van der Waals surface area contributed by atoms with Gasteiger partial charge in [-0.2, -0.15) is 0 Å². The van der Waals surface area contributed by atoms with Crippen molar-refractivity contribution in [3.63, 3.8) is 0 Å². The summed E-state index contributed by atoms with van der Waals surface area (Å²) in [4.78, 5) is 16.1. The highest BCUT2D eigenvalue weighted by molar-refractivity contribution is 6.30. The van der Waals surface area contributed by atoms with E-state index in [0.29, 0.717) is 22.8 Å². The van der Waals surface area contributed by atoms with Crippen LogP contribution in [0.15, 0.2) is 59.2 Å². The number of nitrogens with one attached hydrogen (secondary N) is 1. The number of rotatable bonds is 3. The number of amidine groups is 1. The molecule has 0 spiro atoms. The number of benzene rings is 2. The molecule has 0 saturated heterocycles. The highest BCUT2D eigenvalue weighted by atomic mass is 35.5. The number of carbonyl (C=O) groups is 1. The molecule has 1 heterocycles. The lowest BCUT2D eigenvalue weighted by Crippen LogP contribution is -2.25. The summed E-state index contributed by atoms with van der Waals surface area (Å²) in [5, 5.41) is 3.35. The average molecular weight is 315 g/mol. The molecule has 1 amide bonds. The minimum Gasteiger partial charge on any atom is -0.308 e. The van der Waals surface area contributed by atoms with Crippen LogP contribution in [0.1, 0.15) is 11.1 Å².